The molecule has 7 heteroatoms. The number of hydrogen-bond donors (Lipinski definition) is 3. The lowest BCUT2D eigenvalue weighted by molar-refractivity contribution is -0.133. The molecule has 2 aromatic carbocycles. The van der Waals surface area contributed by atoms with E-state index in [-0.39, 0.29) is 11.4 Å². The minimum atomic E-state index is -1.15. The molecule has 0 unspecified atom stereocenters. The van der Waals surface area contributed by atoms with Crippen LogP contribution in [-0.2, 0) is 9.59 Å². The molecule has 2 rings (SSSR count). The van der Waals surface area contributed by atoms with Crippen molar-refractivity contribution in [2.75, 3.05) is 10.6 Å². The highest BCUT2D eigenvalue weighted by Crippen LogP contribution is 2.16. The van der Waals surface area contributed by atoms with Crippen LogP contribution in [-0.4, -0.2) is 16.9 Å². The van der Waals surface area contributed by atoms with Gasteiger partial charge in [0, 0.05) is 11.8 Å². The molecule has 5 nitrogen and oxygen atoms in total. The Bertz CT molecular complexity index is 687. The van der Waals surface area contributed by atoms with Gasteiger partial charge in [-0.1, -0.05) is 0 Å². The van der Waals surface area contributed by atoms with Crippen molar-refractivity contribution in [3.05, 3.63) is 54.1 Å². The summed E-state index contributed by atoms with van der Waals surface area (Å²) in [5.74, 6) is -3.80. The first-order chi connectivity index (χ1) is 9.95. The zero-order valence-electron chi connectivity index (χ0n) is 10.6. The Balaban J connectivity index is 2.04. The van der Waals surface area contributed by atoms with Gasteiger partial charge in [-0.25, -0.2) is 8.78 Å². The second-order valence-electron chi connectivity index (χ2n) is 4.08. The summed E-state index contributed by atoms with van der Waals surface area (Å²) in [5, 5.41) is 13.3. The van der Waals surface area contributed by atoms with Gasteiger partial charge in [-0.2, -0.15) is 0 Å². The summed E-state index contributed by atoms with van der Waals surface area (Å²) in [6, 6.07) is 7.89. The number of benzene rings is 2. The monoisotopic (exact) mass is 292 g/mol. The zero-order chi connectivity index (χ0) is 15.4. The summed E-state index contributed by atoms with van der Waals surface area (Å²) in [7, 11) is 0. The van der Waals surface area contributed by atoms with E-state index >= 15 is 0 Å². The number of amides is 2. The van der Waals surface area contributed by atoms with Gasteiger partial charge in [0.2, 0.25) is 0 Å². The average molecular weight is 292 g/mol. The first-order valence-electron chi connectivity index (χ1n) is 5.82. The number of aromatic hydroxyl groups is 1. The van der Waals surface area contributed by atoms with Gasteiger partial charge in [-0.15, -0.1) is 0 Å². The molecule has 0 radical (unpaired) electrons. The second-order valence-corrected chi connectivity index (χ2v) is 4.08. The largest absolute Gasteiger partial charge is 0.508 e. The van der Waals surface area contributed by atoms with Gasteiger partial charge in [-0.05, 0) is 36.4 Å². The van der Waals surface area contributed by atoms with E-state index in [1.165, 1.54) is 24.3 Å². The number of anilines is 2. The molecular weight excluding hydrogens is 282 g/mol. The fourth-order valence-corrected chi connectivity index (χ4v) is 1.50. The number of phenolic OH excluding ortho intramolecular Hbond substituents is 1. The lowest BCUT2D eigenvalue weighted by Gasteiger charge is -2.07. The number of phenols is 1. The summed E-state index contributed by atoms with van der Waals surface area (Å²) in [4.78, 5) is 23.2. The fraction of sp³-hybridized carbons (Fsp3) is 0. The van der Waals surface area contributed by atoms with Crippen molar-refractivity contribution in [2.45, 2.75) is 0 Å². The topological polar surface area (TPSA) is 78.4 Å². The van der Waals surface area contributed by atoms with E-state index in [0.29, 0.717) is 0 Å². The third-order valence-electron chi connectivity index (χ3n) is 2.51. The lowest BCUT2D eigenvalue weighted by Crippen LogP contribution is -2.29. The summed E-state index contributed by atoms with van der Waals surface area (Å²) < 4.78 is 26.3. The molecular formula is C14H10F2N2O3. The maximum atomic E-state index is 13.3. The number of carbonyl (C=O) groups is 2. The van der Waals surface area contributed by atoms with Gasteiger partial charge in [0.05, 0.1) is 5.69 Å². The Morgan fingerprint density at radius 1 is 0.905 bits per heavy atom. The Hall–Kier alpha value is -2.96. The predicted molar refractivity (Wildman–Crippen MR) is 71.7 cm³/mol. The van der Waals surface area contributed by atoms with Crippen LogP contribution in [0.25, 0.3) is 0 Å². The quantitative estimate of drug-likeness (QED) is 0.587. The van der Waals surface area contributed by atoms with Crippen LogP contribution in [0.1, 0.15) is 0 Å². The van der Waals surface area contributed by atoms with Crippen molar-refractivity contribution in [2.24, 2.45) is 0 Å². The normalized spacial score (nSPS) is 10.0. The third kappa shape index (κ3) is 3.75. The van der Waals surface area contributed by atoms with Crippen LogP contribution in [0.2, 0.25) is 0 Å². The van der Waals surface area contributed by atoms with Crippen LogP contribution < -0.4 is 10.6 Å². The van der Waals surface area contributed by atoms with Gasteiger partial charge in [-0.3, -0.25) is 9.59 Å². The fourth-order valence-electron chi connectivity index (χ4n) is 1.50. The van der Waals surface area contributed by atoms with Crippen molar-refractivity contribution in [1.82, 2.24) is 0 Å². The maximum absolute atomic E-state index is 13.3. The third-order valence-corrected chi connectivity index (χ3v) is 2.51. The van der Waals surface area contributed by atoms with Crippen LogP contribution >= 0.6 is 0 Å². The molecule has 21 heavy (non-hydrogen) atoms. The Labute approximate surface area is 118 Å². The van der Waals surface area contributed by atoms with Gasteiger partial charge in [0.15, 0.2) is 0 Å². The van der Waals surface area contributed by atoms with E-state index in [9.17, 15) is 18.4 Å². The SMILES string of the molecule is O=C(Nc1ccc(O)cc1)C(=O)Nc1cc(F)ccc1F. The highest BCUT2D eigenvalue weighted by atomic mass is 19.1. The standard InChI is InChI=1S/C14H10F2N2O3/c15-8-1-6-11(16)12(7-8)18-14(21)13(20)17-9-2-4-10(19)5-3-9/h1-7,19H,(H,17,20)(H,18,21). The van der Waals surface area contributed by atoms with Crippen molar-refractivity contribution in [3.63, 3.8) is 0 Å². The molecule has 2 aromatic rings. The summed E-state index contributed by atoms with van der Waals surface area (Å²) in [6.45, 7) is 0. The summed E-state index contributed by atoms with van der Waals surface area (Å²) >= 11 is 0. The van der Waals surface area contributed by atoms with Crippen molar-refractivity contribution >= 4 is 23.2 Å². The first kappa shape index (κ1) is 14.4. The molecule has 0 saturated carbocycles. The number of rotatable bonds is 2. The molecule has 2 amide bonds. The number of nitrogens with one attached hydrogen (secondary N) is 2. The minimum absolute atomic E-state index is 0.000664. The smallest absolute Gasteiger partial charge is 0.314 e. The number of halogens is 2. The molecule has 0 fully saturated rings. The van der Waals surface area contributed by atoms with E-state index in [1.54, 1.807) is 0 Å². The molecule has 108 valence electrons. The van der Waals surface area contributed by atoms with Crippen molar-refractivity contribution in [3.8, 4) is 5.75 Å². The molecule has 3 N–H and O–H groups in total. The molecule has 0 spiro atoms. The van der Waals surface area contributed by atoms with Crippen LogP contribution in [0.15, 0.2) is 42.5 Å². The Morgan fingerprint density at radius 3 is 2.19 bits per heavy atom. The van der Waals surface area contributed by atoms with E-state index in [4.69, 9.17) is 5.11 Å². The van der Waals surface area contributed by atoms with E-state index in [2.05, 4.69) is 5.32 Å². The van der Waals surface area contributed by atoms with E-state index in [0.717, 1.165) is 18.2 Å². The summed E-state index contributed by atoms with van der Waals surface area (Å²) in [6.07, 6.45) is 0. The summed E-state index contributed by atoms with van der Waals surface area (Å²) in [5.41, 5.74) is -0.159. The lowest BCUT2D eigenvalue weighted by atomic mass is 10.3. The van der Waals surface area contributed by atoms with Crippen LogP contribution in [0.5, 0.6) is 5.75 Å². The number of carbonyl (C=O) groups excluding carboxylic acids is 2. The minimum Gasteiger partial charge on any atom is -0.508 e. The molecule has 0 aliphatic heterocycles. The van der Waals surface area contributed by atoms with Gasteiger partial charge < -0.3 is 15.7 Å². The molecule has 0 aromatic heterocycles. The van der Waals surface area contributed by atoms with Gasteiger partial charge >= 0.3 is 11.8 Å². The zero-order valence-corrected chi connectivity index (χ0v) is 10.6. The molecule has 0 bridgehead atoms. The predicted octanol–water partition coefficient (Wildman–Crippen LogP) is 2.25. The van der Waals surface area contributed by atoms with E-state index < -0.39 is 29.1 Å². The van der Waals surface area contributed by atoms with Gasteiger partial charge in [0.25, 0.3) is 0 Å². The Morgan fingerprint density at radius 2 is 1.52 bits per heavy atom. The number of hydrogen-bond acceptors (Lipinski definition) is 3. The molecule has 0 saturated heterocycles. The average Bonchev–Trinajstić information content (AvgIpc) is 2.45. The first-order valence-corrected chi connectivity index (χ1v) is 5.82. The van der Waals surface area contributed by atoms with Crippen molar-refractivity contribution < 1.29 is 23.5 Å². The molecule has 0 heterocycles. The van der Waals surface area contributed by atoms with Crippen LogP contribution in [0, 0.1) is 11.6 Å². The molecule has 0 aliphatic rings. The van der Waals surface area contributed by atoms with Crippen molar-refractivity contribution in [1.29, 1.82) is 0 Å². The van der Waals surface area contributed by atoms with Crippen LogP contribution in [0.3, 0.4) is 0 Å². The van der Waals surface area contributed by atoms with E-state index in [1.807, 2.05) is 5.32 Å². The van der Waals surface area contributed by atoms with Crippen LogP contribution in [0.4, 0.5) is 20.2 Å². The molecule has 0 aliphatic carbocycles. The second kappa shape index (κ2) is 6.00. The highest BCUT2D eigenvalue weighted by molar-refractivity contribution is 6.43. The highest BCUT2D eigenvalue weighted by Gasteiger charge is 2.16. The Kier molecular flexibility index (Phi) is 4.13. The molecule has 0 atom stereocenters. The van der Waals surface area contributed by atoms with Gasteiger partial charge in [0.1, 0.15) is 17.4 Å². The maximum Gasteiger partial charge on any atom is 0.314 e.